The van der Waals surface area contributed by atoms with Crippen molar-refractivity contribution in [2.24, 2.45) is 0 Å². The first-order valence-electron chi connectivity index (χ1n) is 7.18. The minimum atomic E-state index is -0.494. The molecule has 1 aromatic carbocycles. The van der Waals surface area contributed by atoms with Crippen LogP contribution in [0.25, 0.3) is 0 Å². The fourth-order valence-electron chi connectivity index (χ4n) is 2.18. The third-order valence-corrected chi connectivity index (χ3v) is 3.19. The molecule has 21 heavy (non-hydrogen) atoms. The molecule has 1 heterocycles. The number of ether oxygens (including phenoxy) is 1. The number of hydrogen-bond donors (Lipinski definition) is 1. The highest BCUT2D eigenvalue weighted by atomic mass is 16.6. The number of carbonyl (C=O) groups excluding carboxylic acids is 2. The minimum absolute atomic E-state index is 0.0167. The van der Waals surface area contributed by atoms with E-state index in [1.807, 2.05) is 45.9 Å². The maximum Gasteiger partial charge on any atom is 0.410 e. The summed E-state index contributed by atoms with van der Waals surface area (Å²) in [5, 5.41) is 2.83. The summed E-state index contributed by atoms with van der Waals surface area (Å²) in [6.07, 6.45) is 0.138. The summed E-state index contributed by atoms with van der Waals surface area (Å²) >= 11 is 0. The van der Waals surface area contributed by atoms with Crippen molar-refractivity contribution in [1.82, 2.24) is 4.90 Å². The summed E-state index contributed by atoms with van der Waals surface area (Å²) in [6, 6.07) is 5.74. The van der Waals surface area contributed by atoms with Gasteiger partial charge in [0.05, 0.1) is 0 Å². The fraction of sp³-hybridized carbons (Fsp3) is 0.500. The van der Waals surface area contributed by atoms with Crippen molar-refractivity contribution in [2.45, 2.75) is 52.8 Å². The van der Waals surface area contributed by atoms with Crippen molar-refractivity contribution >= 4 is 17.7 Å². The van der Waals surface area contributed by atoms with E-state index in [1.165, 1.54) is 0 Å². The molecule has 0 fully saturated rings. The van der Waals surface area contributed by atoms with Gasteiger partial charge in [0.2, 0.25) is 5.91 Å². The lowest BCUT2D eigenvalue weighted by atomic mass is 10.1. The second-order valence-corrected chi connectivity index (χ2v) is 6.22. The Morgan fingerprint density at radius 1 is 1.24 bits per heavy atom. The van der Waals surface area contributed by atoms with Gasteiger partial charge in [0, 0.05) is 25.2 Å². The van der Waals surface area contributed by atoms with E-state index in [0.29, 0.717) is 19.5 Å². The zero-order chi connectivity index (χ0) is 15.6. The van der Waals surface area contributed by atoms with Crippen molar-refractivity contribution in [1.29, 1.82) is 0 Å². The molecule has 0 atom stereocenters. The zero-order valence-electron chi connectivity index (χ0n) is 13.0. The van der Waals surface area contributed by atoms with Crippen LogP contribution in [0.4, 0.5) is 10.5 Å². The molecular formula is C16H22N2O3. The number of amides is 2. The summed E-state index contributed by atoms with van der Waals surface area (Å²) in [4.78, 5) is 25.2. The smallest absolute Gasteiger partial charge is 0.410 e. The van der Waals surface area contributed by atoms with Gasteiger partial charge in [0.1, 0.15) is 5.60 Å². The molecule has 0 bridgehead atoms. The summed E-state index contributed by atoms with van der Waals surface area (Å²) < 4.78 is 5.38. The summed E-state index contributed by atoms with van der Waals surface area (Å²) in [5.41, 5.74) is 2.42. The van der Waals surface area contributed by atoms with Crippen LogP contribution in [0.3, 0.4) is 0 Å². The molecule has 1 aliphatic heterocycles. The molecule has 5 nitrogen and oxygen atoms in total. The third-order valence-electron chi connectivity index (χ3n) is 3.19. The quantitative estimate of drug-likeness (QED) is 0.909. The predicted octanol–water partition coefficient (Wildman–Crippen LogP) is 3.29. The van der Waals surface area contributed by atoms with Crippen molar-refractivity contribution in [3.05, 3.63) is 29.3 Å². The molecule has 0 saturated carbocycles. The highest BCUT2D eigenvalue weighted by Crippen LogP contribution is 2.27. The topological polar surface area (TPSA) is 58.6 Å². The number of nitrogens with zero attached hydrogens (tertiary/aromatic N) is 1. The molecule has 2 rings (SSSR count). The first kappa shape index (κ1) is 15.4. The van der Waals surface area contributed by atoms with E-state index in [2.05, 4.69) is 5.32 Å². The standard InChI is InChI=1S/C16H22N2O3/c1-5-14(19)17-13-7-6-11-9-18(10-12(11)8-13)15(20)21-16(2,3)4/h6-8H,5,9-10H2,1-4H3,(H,17,19). The van der Waals surface area contributed by atoms with Crippen LogP contribution in [-0.2, 0) is 22.6 Å². The van der Waals surface area contributed by atoms with E-state index >= 15 is 0 Å². The fourth-order valence-corrected chi connectivity index (χ4v) is 2.18. The van der Waals surface area contributed by atoms with Crippen LogP contribution in [0.1, 0.15) is 45.2 Å². The van der Waals surface area contributed by atoms with Gasteiger partial charge in [-0.05, 0) is 44.0 Å². The lowest BCUT2D eigenvalue weighted by Gasteiger charge is -2.24. The van der Waals surface area contributed by atoms with Gasteiger partial charge < -0.3 is 10.1 Å². The normalized spacial score (nSPS) is 13.8. The predicted molar refractivity (Wildman–Crippen MR) is 80.8 cm³/mol. The van der Waals surface area contributed by atoms with E-state index in [1.54, 1.807) is 4.90 Å². The lowest BCUT2D eigenvalue weighted by Crippen LogP contribution is -2.33. The molecule has 0 aromatic heterocycles. The van der Waals surface area contributed by atoms with E-state index < -0.39 is 5.60 Å². The van der Waals surface area contributed by atoms with Gasteiger partial charge >= 0.3 is 6.09 Å². The number of carbonyl (C=O) groups is 2. The van der Waals surface area contributed by atoms with E-state index in [4.69, 9.17) is 4.74 Å². The molecule has 1 aliphatic rings. The molecule has 5 heteroatoms. The molecule has 0 radical (unpaired) electrons. The maximum absolute atomic E-state index is 12.1. The van der Waals surface area contributed by atoms with Crippen LogP contribution in [0.2, 0.25) is 0 Å². The van der Waals surface area contributed by atoms with Crippen molar-refractivity contribution in [3.63, 3.8) is 0 Å². The summed E-state index contributed by atoms with van der Waals surface area (Å²) in [5.74, 6) is -0.0167. The van der Waals surface area contributed by atoms with Gasteiger partial charge in [-0.25, -0.2) is 4.79 Å². The molecule has 2 amide bonds. The Morgan fingerprint density at radius 3 is 2.52 bits per heavy atom. The Balaban J connectivity index is 2.05. The van der Waals surface area contributed by atoms with Crippen molar-refractivity contribution in [3.8, 4) is 0 Å². The van der Waals surface area contributed by atoms with Gasteiger partial charge in [-0.2, -0.15) is 0 Å². The second-order valence-electron chi connectivity index (χ2n) is 6.22. The zero-order valence-corrected chi connectivity index (χ0v) is 13.0. The third kappa shape index (κ3) is 3.97. The van der Waals surface area contributed by atoms with Gasteiger partial charge in [0.15, 0.2) is 0 Å². The van der Waals surface area contributed by atoms with E-state index in [-0.39, 0.29) is 12.0 Å². The number of rotatable bonds is 2. The average molecular weight is 290 g/mol. The lowest BCUT2D eigenvalue weighted by molar-refractivity contribution is -0.115. The number of hydrogen-bond acceptors (Lipinski definition) is 3. The number of anilines is 1. The molecule has 0 saturated heterocycles. The van der Waals surface area contributed by atoms with Gasteiger partial charge in [-0.1, -0.05) is 13.0 Å². The van der Waals surface area contributed by atoms with Crippen molar-refractivity contribution < 1.29 is 14.3 Å². The SMILES string of the molecule is CCC(=O)Nc1ccc2c(c1)CN(C(=O)OC(C)(C)C)C2. The second kappa shape index (κ2) is 5.76. The first-order chi connectivity index (χ1) is 9.78. The Labute approximate surface area is 125 Å². The maximum atomic E-state index is 12.1. The van der Waals surface area contributed by atoms with Crippen LogP contribution in [0.15, 0.2) is 18.2 Å². The van der Waals surface area contributed by atoms with Gasteiger partial charge in [-0.15, -0.1) is 0 Å². The van der Waals surface area contributed by atoms with Crippen LogP contribution >= 0.6 is 0 Å². The van der Waals surface area contributed by atoms with Crippen molar-refractivity contribution in [2.75, 3.05) is 5.32 Å². The largest absolute Gasteiger partial charge is 0.444 e. The van der Waals surface area contributed by atoms with Crippen LogP contribution < -0.4 is 5.32 Å². The Kier molecular flexibility index (Phi) is 4.21. The molecular weight excluding hydrogens is 268 g/mol. The highest BCUT2D eigenvalue weighted by molar-refractivity contribution is 5.90. The average Bonchev–Trinajstić information content (AvgIpc) is 2.79. The molecule has 1 N–H and O–H groups in total. The molecule has 0 spiro atoms. The summed E-state index contributed by atoms with van der Waals surface area (Å²) in [7, 11) is 0. The molecule has 0 unspecified atom stereocenters. The van der Waals surface area contributed by atoms with Gasteiger partial charge in [0.25, 0.3) is 0 Å². The molecule has 0 aliphatic carbocycles. The Bertz CT molecular complexity index is 561. The summed E-state index contributed by atoms with van der Waals surface area (Å²) in [6.45, 7) is 8.44. The number of benzene rings is 1. The highest BCUT2D eigenvalue weighted by Gasteiger charge is 2.27. The minimum Gasteiger partial charge on any atom is -0.444 e. The Morgan fingerprint density at radius 2 is 1.90 bits per heavy atom. The van der Waals surface area contributed by atoms with Crippen LogP contribution in [-0.4, -0.2) is 22.5 Å². The van der Waals surface area contributed by atoms with Crippen LogP contribution in [0.5, 0.6) is 0 Å². The van der Waals surface area contributed by atoms with E-state index in [0.717, 1.165) is 16.8 Å². The van der Waals surface area contributed by atoms with Crippen LogP contribution in [0, 0.1) is 0 Å². The van der Waals surface area contributed by atoms with E-state index in [9.17, 15) is 9.59 Å². The van der Waals surface area contributed by atoms with Gasteiger partial charge in [-0.3, -0.25) is 9.69 Å². The number of nitrogens with one attached hydrogen (secondary N) is 1. The Hall–Kier alpha value is -2.04. The molecule has 114 valence electrons. The monoisotopic (exact) mass is 290 g/mol. The number of fused-ring (bicyclic) bond motifs is 1. The molecule has 1 aromatic rings. The first-order valence-corrected chi connectivity index (χ1v) is 7.18.